The number of hydrogen-bond donors (Lipinski definition) is 3. The van der Waals surface area contributed by atoms with Gasteiger partial charge in [-0.1, -0.05) is 0 Å². The molecule has 134 valence electrons. The number of nitrogens with zero attached hydrogens (tertiary/aromatic N) is 1. The van der Waals surface area contributed by atoms with Crippen LogP contribution >= 0.6 is 0 Å². The molecule has 0 spiro atoms. The van der Waals surface area contributed by atoms with Crippen LogP contribution in [0.2, 0.25) is 0 Å². The summed E-state index contributed by atoms with van der Waals surface area (Å²) in [6, 6.07) is 2.95. The summed E-state index contributed by atoms with van der Waals surface area (Å²) in [7, 11) is 1.59. The fraction of sp³-hybridized carbons (Fsp3) is 0.533. The van der Waals surface area contributed by atoms with Crippen LogP contribution in [0.15, 0.2) is 12.1 Å². The fourth-order valence-corrected chi connectivity index (χ4v) is 2.63. The summed E-state index contributed by atoms with van der Waals surface area (Å²) in [6.45, 7) is -0.671. The summed E-state index contributed by atoms with van der Waals surface area (Å²) in [6.07, 6.45) is -4.80. The van der Waals surface area contributed by atoms with E-state index in [-0.39, 0.29) is 5.56 Å². The molecule has 1 aliphatic heterocycles. The summed E-state index contributed by atoms with van der Waals surface area (Å²) in [5, 5.41) is 4.66. The molecule has 1 heterocycles. The van der Waals surface area contributed by atoms with Gasteiger partial charge in [-0.15, -0.1) is 0 Å². The molecule has 1 aromatic rings. The minimum absolute atomic E-state index is 0.0788. The first-order chi connectivity index (χ1) is 11.2. The van der Waals surface area contributed by atoms with E-state index in [9.17, 15) is 22.4 Å². The van der Waals surface area contributed by atoms with Crippen LogP contribution in [-0.2, 0) is 0 Å². The third-order valence-corrected chi connectivity index (χ3v) is 3.90. The summed E-state index contributed by atoms with van der Waals surface area (Å²) >= 11 is 0. The third-order valence-electron chi connectivity index (χ3n) is 3.90. The third kappa shape index (κ3) is 4.42. The second-order valence-electron chi connectivity index (χ2n) is 5.67. The Balaban J connectivity index is 2.31. The summed E-state index contributed by atoms with van der Waals surface area (Å²) in [5.74, 6) is -0.846. The van der Waals surface area contributed by atoms with Crippen molar-refractivity contribution in [2.24, 2.45) is 0 Å². The van der Waals surface area contributed by atoms with Gasteiger partial charge in [-0.05, 0) is 25.0 Å². The van der Waals surface area contributed by atoms with Gasteiger partial charge in [0.05, 0.1) is 22.6 Å². The van der Waals surface area contributed by atoms with E-state index in [0.29, 0.717) is 43.0 Å². The molecule has 0 radical (unpaired) electrons. The molecule has 1 amide bonds. The van der Waals surface area contributed by atoms with Crippen LogP contribution in [0.25, 0.3) is 0 Å². The van der Waals surface area contributed by atoms with Gasteiger partial charge in [0, 0.05) is 20.1 Å². The number of carbonyl (C=O) groups is 1. The number of carbonyl (C=O) groups excluding carboxylic acids is 1. The minimum atomic E-state index is -4.50. The molecule has 0 aromatic heterocycles. The maximum Gasteiger partial charge on any atom is 0.405 e. The van der Waals surface area contributed by atoms with Crippen molar-refractivity contribution in [2.45, 2.75) is 25.2 Å². The Morgan fingerprint density at radius 3 is 2.50 bits per heavy atom. The molecule has 4 N–H and O–H groups in total. The van der Waals surface area contributed by atoms with Gasteiger partial charge in [-0.25, -0.2) is 4.39 Å². The van der Waals surface area contributed by atoms with Gasteiger partial charge in [0.25, 0.3) is 5.91 Å². The molecule has 5 nitrogen and oxygen atoms in total. The van der Waals surface area contributed by atoms with E-state index in [4.69, 9.17) is 5.73 Å². The zero-order valence-electron chi connectivity index (χ0n) is 13.2. The highest BCUT2D eigenvalue weighted by atomic mass is 19.4. The molecule has 1 fully saturated rings. The van der Waals surface area contributed by atoms with E-state index in [1.807, 2.05) is 5.32 Å². The Bertz CT molecular complexity index is 598. The van der Waals surface area contributed by atoms with E-state index in [0.717, 1.165) is 0 Å². The van der Waals surface area contributed by atoms with Crippen molar-refractivity contribution >= 4 is 23.0 Å². The highest BCUT2D eigenvalue weighted by molar-refractivity contribution is 6.02. The van der Waals surface area contributed by atoms with Gasteiger partial charge in [0.15, 0.2) is 0 Å². The Morgan fingerprint density at radius 1 is 1.33 bits per heavy atom. The predicted octanol–water partition coefficient (Wildman–Crippen LogP) is 2.54. The largest absolute Gasteiger partial charge is 0.405 e. The van der Waals surface area contributed by atoms with Crippen LogP contribution in [0, 0.1) is 0 Å². The standard InChI is InChI=1S/C15H20F4N4O/c1-21-12-6-10(14(24)22-8-15(17,18)19)13(7-11(12)20)23-4-2-9(16)3-5-23/h6-7,9,21H,2-5,8,20H2,1H3,(H,22,24). The number of rotatable bonds is 4. The molecule has 9 heteroatoms. The summed E-state index contributed by atoms with van der Waals surface area (Å²) in [4.78, 5) is 14.0. The van der Waals surface area contributed by atoms with Crippen LogP contribution in [0.4, 0.5) is 34.6 Å². The summed E-state index contributed by atoms with van der Waals surface area (Å²) in [5.41, 5.74) is 7.20. The Kier molecular flexibility index (Phi) is 5.40. The number of piperidine rings is 1. The van der Waals surface area contributed by atoms with Crippen molar-refractivity contribution < 1.29 is 22.4 Å². The number of anilines is 3. The van der Waals surface area contributed by atoms with E-state index in [2.05, 4.69) is 5.32 Å². The number of nitrogens with one attached hydrogen (secondary N) is 2. The normalized spacial score (nSPS) is 16.1. The molecule has 24 heavy (non-hydrogen) atoms. The topological polar surface area (TPSA) is 70.4 Å². The molecule has 0 bridgehead atoms. The van der Waals surface area contributed by atoms with Gasteiger partial charge in [0.2, 0.25) is 0 Å². The van der Waals surface area contributed by atoms with E-state index in [1.54, 1.807) is 11.9 Å². The first kappa shape index (κ1) is 18.2. The molecule has 2 rings (SSSR count). The lowest BCUT2D eigenvalue weighted by Crippen LogP contribution is -2.38. The van der Waals surface area contributed by atoms with Crippen molar-refractivity contribution in [3.63, 3.8) is 0 Å². The van der Waals surface area contributed by atoms with Crippen molar-refractivity contribution in [1.82, 2.24) is 5.32 Å². The number of halogens is 4. The van der Waals surface area contributed by atoms with Crippen molar-refractivity contribution in [3.05, 3.63) is 17.7 Å². The van der Waals surface area contributed by atoms with Crippen LogP contribution < -0.4 is 21.3 Å². The number of amides is 1. The van der Waals surface area contributed by atoms with Gasteiger partial charge in [0.1, 0.15) is 12.7 Å². The average molecular weight is 348 g/mol. The van der Waals surface area contributed by atoms with Gasteiger partial charge >= 0.3 is 6.18 Å². The van der Waals surface area contributed by atoms with Crippen LogP contribution in [0.1, 0.15) is 23.2 Å². The molecule has 0 unspecified atom stereocenters. The maximum absolute atomic E-state index is 13.3. The van der Waals surface area contributed by atoms with Crippen molar-refractivity contribution in [3.8, 4) is 0 Å². The van der Waals surface area contributed by atoms with E-state index < -0.39 is 24.8 Å². The predicted molar refractivity (Wildman–Crippen MR) is 85.1 cm³/mol. The van der Waals surface area contributed by atoms with Crippen LogP contribution in [-0.4, -0.2) is 44.9 Å². The lowest BCUT2D eigenvalue weighted by molar-refractivity contribution is -0.123. The highest BCUT2D eigenvalue weighted by Gasteiger charge is 2.29. The second-order valence-corrected chi connectivity index (χ2v) is 5.67. The number of nitrogen functional groups attached to an aromatic ring is 1. The van der Waals surface area contributed by atoms with Crippen LogP contribution in [0.5, 0.6) is 0 Å². The lowest BCUT2D eigenvalue weighted by Gasteiger charge is -2.32. The molecular formula is C15H20F4N4O. The molecular weight excluding hydrogens is 328 g/mol. The quantitative estimate of drug-likeness (QED) is 0.578. The minimum Gasteiger partial charge on any atom is -0.397 e. The Morgan fingerprint density at radius 2 is 1.96 bits per heavy atom. The Hall–Kier alpha value is -2.19. The van der Waals surface area contributed by atoms with Crippen molar-refractivity contribution in [2.75, 3.05) is 42.6 Å². The molecule has 0 atom stereocenters. The van der Waals surface area contributed by atoms with E-state index in [1.165, 1.54) is 12.1 Å². The molecule has 0 aliphatic carbocycles. The van der Waals surface area contributed by atoms with Gasteiger partial charge < -0.3 is 21.3 Å². The zero-order valence-corrected chi connectivity index (χ0v) is 13.2. The van der Waals surface area contributed by atoms with Crippen LogP contribution in [0.3, 0.4) is 0 Å². The van der Waals surface area contributed by atoms with Gasteiger partial charge in [-0.3, -0.25) is 4.79 Å². The fourth-order valence-electron chi connectivity index (χ4n) is 2.63. The first-order valence-corrected chi connectivity index (χ1v) is 7.56. The van der Waals surface area contributed by atoms with Gasteiger partial charge in [-0.2, -0.15) is 13.2 Å². The molecule has 1 aromatic carbocycles. The number of nitrogens with two attached hydrogens (primary N) is 1. The lowest BCUT2D eigenvalue weighted by atomic mass is 10.0. The summed E-state index contributed by atoms with van der Waals surface area (Å²) < 4.78 is 50.3. The smallest absolute Gasteiger partial charge is 0.397 e. The monoisotopic (exact) mass is 348 g/mol. The zero-order chi connectivity index (χ0) is 17.9. The maximum atomic E-state index is 13.3. The first-order valence-electron chi connectivity index (χ1n) is 7.56. The molecule has 1 saturated heterocycles. The highest BCUT2D eigenvalue weighted by Crippen LogP contribution is 2.32. The Labute approximate surface area is 137 Å². The second kappa shape index (κ2) is 7.14. The van der Waals surface area contributed by atoms with Crippen molar-refractivity contribution in [1.29, 1.82) is 0 Å². The SMILES string of the molecule is CNc1cc(C(=O)NCC(F)(F)F)c(N2CCC(F)CC2)cc1N. The number of hydrogen-bond acceptors (Lipinski definition) is 4. The van der Waals surface area contributed by atoms with E-state index >= 15 is 0 Å². The molecule has 1 aliphatic rings. The number of benzene rings is 1. The average Bonchev–Trinajstić information content (AvgIpc) is 2.52. The molecule has 0 saturated carbocycles. The number of alkyl halides is 4.